The third kappa shape index (κ3) is 4.29. The molecule has 0 radical (unpaired) electrons. The third-order valence-corrected chi connectivity index (χ3v) is 6.24. The molecule has 1 atom stereocenters. The van der Waals surface area contributed by atoms with Crippen molar-refractivity contribution in [3.05, 3.63) is 86.7 Å². The summed E-state index contributed by atoms with van der Waals surface area (Å²) in [6, 6.07) is 11.8. The summed E-state index contributed by atoms with van der Waals surface area (Å²) < 4.78 is 20.6. The van der Waals surface area contributed by atoms with Crippen molar-refractivity contribution in [3.63, 3.8) is 0 Å². The number of morpholine rings is 1. The SMILES string of the molecule is Cc1cc2cc([C@@H](c3nnnn3Cc3ccc(F)cc3)N3CCOCC3)c(=O)[nH]c2cc1C. The Morgan fingerprint density at radius 3 is 2.58 bits per heavy atom. The molecule has 3 heterocycles. The number of H-pyrrole nitrogens is 1. The first-order chi connectivity index (χ1) is 16.0. The first kappa shape index (κ1) is 21.4. The summed E-state index contributed by atoms with van der Waals surface area (Å²) >= 11 is 0. The van der Waals surface area contributed by atoms with E-state index in [-0.39, 0.29) is 11.4 Å². The van der Waals surface area contributed by atoms with Gasteiger partial charge in [0.2, 0.25) is 0 Å². The standard InChI is InChI=1S/C24H25FN6O2/c1-15-11-18-13-20(24(32)26-21(18)12-16(15)2)22(30-7-9-33-10-8-30)23-27-28-29-31(23)14-17-3-5-19(25)6-4-17/h3-6,11-13,22H,7-10,14H2,1-2H3,(H,26,32)/t22-/m0/s1. The van der Waals surface area contributed by atoms with E-state index in [0.717, 1.165) is 27.6 Å². The Kier molecular flexibility index (Phi) is 5.74. The molecule has 2 aromatic heterocycles. The number of aromatic nitrogens is 5. The Morgan fingerprint density at radius 2 is 1.82 bits per heavy atom. The number of nitrogens with zero attached hydrogens (tertiary/aromatic N) is 5. The number of pyridine rings is 1. The van der Waals surface area contributed by atoms with Gasteiger partial charge in [0.05, 0.1) is 19.8 Å². The average molecular weight is 449 g/mol. The lowest BCUT2D eigenvalue weighted by molar-refractivity contribution is 0.0214. The highest BCUT2D eigenvalue weighted by atomic mass is 19.1. The molecule has 0 aliphatic carbocycles. The minimum absolute atomic E-state index is 0.168. The molecular weight excluding hydrogens is 423 g/mol. The van der Waals surface area contributed by atoms with Crippen LogP contribution in [0.25, 0.3) is 10.9 Å². The Balaban J connectivity index is 1.62. The molecule has 4 aromatic rings. The van der Waals surface area contributed by atoms with Crippen LogP contribution in [-0.2, 0) is 11.3 Å². The second-order valence-electron chi connectivity index (χ2n) is 8.45. The van der Waals surface area contributed by atoms with Crippen molar-refractivity contribution in [3.8, 4) is 0 Å². The van der Waals surface area contributed by atoms with Crippen molar-refractivity contribution < 1.29 is 9.13 Å². The molecule has 0 unspecified atom stereocenters. The van der Waals surface area contributed by atoms with Gasteiger partial charge in [-0.1, -0.05) is 12.1 Å². The van der Waals surface area contributed by atoms with Crippen LogP contribution >= 0.6 is 0 Å². The molecule has 170 valence electrons. The van der Waals surface area contributed by atoms with E-state index in [1.807, 2.05) is 19.1 Å². The molecule has 33 heavy (non-hydrogen) atoms. The van der Waals surface area contributed by atoms with E-state index >= 15 is 0 Å². The highest BCUT2D eigenvalue weighted by Crippen LogP contribution is 2.28. The zero-order valence-corrected chi connectivity index (χ0v) is 18.6. The molecule has 1 aliphatic rings. The van der Waals surface area contributed by atoms with Crippen LogP contribution in [0, 0.1) is 19.7 Å². The number of rotatable bonds is 5. The van der Waals surface area contributed by atoms with Crippen LogP contribution in [-0.4, -0.2) is 56.4 Å². The third-order valence-electron chi connectivity index (χ3n) is 6.24. The van der Waals surface area contributed by atoms with Crippen LogP contribution < -0.4 is 5.56 Å². The van der Waals surface area contributed by atoms with Crippen LogP contribution in [0.4, 0.5) is 4.39 Å². The van der Waals surface area contributed by atoms with Gasteiger partial charge in [0.25, 0.3) is 5.56 Å². The number of tetrazole rings is 1. The Hall–Kier alpha value is -3.43. The molecule has 2 aromatic carbocycles. The number of hydrogen-bond acceptors (Lipinski definition) is 6. The van der Waals surface area contributed by atoms with Gasteiger partial charge < -0.3 is 9.72 Å². The number of halogens is 1. The lowest BCUT2D eigenvalue weighted by Crippen LogP contribution is -2.42. The van der Waals surface area contributed by atoms with Crippen LogP contribution in [0.3, 0.4) is 0 Å². The summed E-state index contributed by atoms with van der Waals surface area (Å²) in [5.41, 5.74) is 4.37. The Morgan fingerprint density at radius 1 is 1.09 bits per heavy atom. The van der Waals surface area contributed by atoms with E-state index in [0.29, 0.717) is 44.2 Å². The fraction of sp³-hybridized carbons (Fsp3) is 0.333. The quantitative estimate of drug-likeness (QED) is 0.505. The zero-order valence-electron chi connectivity index (χ0n) is 18.6. The number of nitrogens with one attached hydrogen (secondary N) is 1. The van der Waals surface area contributed by atoms with Gasteiger partial charge in [0.1, 0.15) is 11.9 Å². The first-order valence-electron chi connectivity index (χ1n) is 11.0. The van der Waals surface area contributed by atoms with E-state index in [1.165, 1.54) is 12.1 Å². The van der Waals surface area contributed by atoms with E-state index in [4.69, 9.17) is 4.74 Å². The number of benzene rings is 2. The smallest absolute Gasteiger partial charge is 0.253 e. The van der Waals surface area contributed by atoms with Gasteiger partial charge >= 0.3 is 0 Å². The number of fused-ring (bicyclic) bond motifs is 1. The van der Waals surface area contributed by atoms with Crippen molar-refractivity contribution in [2.24, 2.45) is 0 Å². The molecule has 0 bridgehead atoms. The molecule has 1 N–H and O–H groups in total. The van der Waals surface area contributed by atoms with E-state index < -0.39 is 6.04 Å². The van der Waals surface area contributed by atoms with Gasteiger partial charge in [0.15, 0.2) is 5.82 Å². The van der Waals surface area contributed by atoms with Gasteiger partial charge in [-0.15, -0.1) is 5.10 Å². The maximum atomic E-state index is 13.4. The molecule has 0 saturated carbocycles. The summed E-state index contributed by atoms with van der Waals surface area (Å²) in [7, 11) is 0. The number of hydrogen-bond donors (Lipinski definition) is 1. The average Bonchev–Trinajstić information content (AvgIpc) is 3.26. The van der Waals surface area contributed by atoms with Gasteiger partial charge in [0, 0.05) is 24.2 Å². The minimum Gasteiger partial charge on any atom is -0.379 e. The van der Waals surface area contributed by atoms with E-state index in [9.17, 15) is 9.18 Å². The first-order valence-corrected chi connectivity index (χ1v) is 11.0. The molecule has 1 saturated heterocycles. The normalized spacial score (nSPS) is 15.7. The monoisotopic (exact) mass is 448 g/mol. The molecule has 0 spiro atoms. The summed E-state index contributed by atoms with van der Waals surface area (Å²) in [5, 5.41) is 13.4. The van der Waals surface area contributed by atoms with Crippen molar-refractivity contribution in [1.82, 2.24) is 30.1 Å². The molecule has 0 amide bonds. The van der Waals surface area contributed by atoms with Gasteiger partial charge in [-0.25, -0.2) is 9.07 Å². The van der Waals surface area contributed by atoms with Crippen molar-refractivity contribution in [2.75, 3.05) is 26.3 Å². The summed E-state index contributed by atoms with van der Waals surface area (Å²) in [4.78, 5) is 18.5. The number of aryl methyl sites for hydroxylation is 2. The van der Waals surface area contributed by atoms with Gasteiger partial charge in [-0.2, -0.15) is 0 Å². The van der Waals surface area contributed by atoms with Crippen LogP contribution in [0.15, 0.2) is 47.3 Å². The fourth-order valence-electron chi connectivity index (χ4n) is 4.31. The summed E-state index contributed by atoms with van der Waals surface area (Å²) in [5.74, 6) is 0.269. The zero-order chi connectivity index (χ0) is 22.9. The lowest BCUT2D eigenvalue weighted by atomic mass is 10.0. The number of aromatic amines is 1. The number of ether oxygens (including phenoxy) is 1. The minimum atomic E-state index is -0.445. The second-order valence-corrected chi connectivity index (χ2v) is 8.45. The van der Waals surface area contributed by atoms with Gasteiger partial charge in [-0.3, -0.25) is 9.69 Å². The molecule has 1 fully saturated rings. The van der Waals surface area contributed by atoms with E-state index in [1.54, 1.807) is 16.8 Å². The Bertz CT molecular complexity index is 1340. The van der Waals surface area contributed by atoms with Gasteiger partial charge in [-0.05, 0) is 76.7 Å². The molecule has 1 aliphatic heterocycles. The van der Waals surface area contributed by atoms with Crippen LogP contribution in [0.2, 0.25) is 0 Å². The molecule has 5 rings (SSSR count). The van der Waals surface area contributed by atoms with Crippen molar-refractivity contribution in [1.29, 1.82) is 0 Å². The van der Waals surface area contributed by atoms with Crippen molar-refractivity contribution in [2.45, 2.75) is 26.4 Å². The van der Waals surface area contributed by atoms with Crippen LogP contribution in [0.1, 0.15) is 34.1 Å². The second kappa shape index (κ2) is 8.84. The molecule has 8 nitrogen and oxygen atoms in total. The Labute approximate surface area is 190 Å². The largest absolute Gasteiger partial charge is 0.379 e. The van der Waals surface area contributed by atoms with Crippen molar-refractivity contribution >= 4 is 10.9 Å². The van der Waals surface area contributed by atoms with Crippen LogP contribution in [0.5, 0.6) is 0 Å². The molecular formula is C24H25FN6O2. The maximum absolute atomic E-state index is 13.4. The van der Waals surface area contributed by atoms with E-state index in [2.05, 4.69) is 38.4 Å². The molecule has 9 heteroatoms. The topological polar surface area (TPSA) is 88.9 Å². The highest BCUT2D eigenvalue weighted by molar-refractivity contribution is 5.81. The summed E-state index contributed by atoms with van der Waals surface area (Å²) in [6.07, 6.45) is 0. The predicted octanol–water partition coefficient (Wildman–Crippen LogP) is 2.74. The summed E-state index contributed by atoms with van der Waals surface area (Å²) in [6.45, 7) is 6.90. The lowest BCUT2D eigenvalue weighted by Gasteiger charge is -2.33. The highest BCUT2D eigenvalue weighted by Gasteiger charge is 2.31. The predicted molar refractivity (Wildman–Crippen MR) is 122 cm³/mol. The fourth-order valence-corrected chi connectivity index (χ4v) is 4.31. The maximum Gasteiger partial charge on any atom is 0.253 e.